The first-order valence-electron chi connectivity index (χ1n) is 6.24. The van der Waals surface area contributed by atoms with E-state index in [0.29, 0.717) is 30.4 Å². The zero-order valence-electron chi connectivity index (χ0n) is 11.2. The summed E-state index contributed by atoms with van der Waals surface area (Å²) in [7, 11) is 1.62. The van der Waals surface area contributed by atoms with Crippen LogP contribution in [-0.2, 0) is 13.2 Å². The Morgan fingerprint density at radius 2 is 2.05 bits per heavy atom. The maximum absolute atomic E-state index is 5.65. The number of para-hydroxylation sites is 2. The normalized spacial score (nSPS) is 10.4. The van der Waals surface area contributed by atoms with E-state index in [1.165, 1.54) is 0 Å². The Bertz CT molecular complexity index is 511. The van der Waals surface area contributed by atoms with Crippen LogP contribution in [0.15, 0.2) is 34.9 Å². The number of benzene rings is 1. The molecule has 0 unspecified atom stereocenters. The third kappa shape index (κ3) is 3.72. The van der Waals surface area contributed by atoms with Gasteiger partial charge in [-0.3, -0.25) is 0 Å². The Morgan fingerprint density at radius 3 is 2.79 bits per heavy atom. The summed E-state index contributed by atoms with van der Waals surface area (Å²) in [4.78, 5) is 0. The molecular formula is C14H18N2O3. The minimum Gasteiger partial charge on any atom is -0.493 e. The summed E-state index contributed by atoms with van der Waals surface area (Å²) in [5, 5.41) is 7.15. The summed E-state index contributed by atoms with van der Waals surface area (Å²) >= 11 is 0. The lowest BCUT2D eigenvalue weighted by atomic mass is 10.3. The van der Waals surface area contributed by atoms with Gasteiger partial charge in [-0.1, -0.05) is 24.2 Å². The molecule has 1 aromatic carbocycles. The second kappa shape index (κ2) is 6.80. The molecule has 0 saturated heterocycles. The van der Waals surface area contributed by atoms with Crippen LogP contribution in [0.1, 0.15) is 18.4 Å². The van der Waals surface area contributed by atoms with Crippen LogP contribution in [0.2, 0.25) is 0 Å². The van der Waals surface area contributed by atoms with Crippen molar-refractivity contribution in [3.8, 4) is 11.5 Å². The summed E-state index contributed by atoms with van der Waals surface area (Å²) in [5.41, 5.74) is 0.875. The van der Waals surface area contributed by atoms with E-state index in [1.54, 1.807) is 7.11 Å². The molecule has 5 nitrogen and oxygen atoms in total. The van der Waals surface area contributed by atoms with Gasteiger partial charge in [0.05, 0.1) is 12.8 Å². The minimum atomic E-state index is 0.333. The van der Waals surface area contributed by atoms with Gasteiger partial charge in [-0.05, 0) is 18.7 Å². The van der Waals surface area contributed by atoms with Crippen LogP contribution in [0, 0.1) is 0 Å². The molecule has 1 aromatic heterocycles. The van der Waals surface area contributed by atoms with Crippen molar-refractivity contribution in [2.24, 2.45) is 0 Å². The van der Waals surface area contributed by atoms with Gasteiger partial charge in [0.2, 0.25) is 0 Å². The first kappa shape index (κ1) is 13.4. The third-order valence-electron chi connectivity index (χ3n) is 2.60. The van der Waals surface area contributed by atoms with Crippen LogP contribution in [0.25, 0.3) is 0 Å². The third-order valence-corrected chi connectivity index (χ3v) is 2.60. The van der Waals surface area contributed by atoms with Gasteiger partial charge in [-0.25, -0.2) is 0 Å². The zero-order chi connectivity index (χ0) is 13.5. The molecule has 102 valence electrons. The zero-order valence-corrected chi connectivity index (χ0v) is 11.2. The lowest BCUT2D eigenvalue weighted by molar-refractivity contribution is 0.238. The van der Waals surface area contributed by atoms with Crippen molar-refractivity contribution in [3.05, 3.63) is 41.8 Å². The fraction of sp³-hybridized carbons (Fsp3) is 0.357. The minimum absolute atomic E-state index is 0.333. The van der Waals surface area contributed by atoms with Crippen molar-refractivity contribution in [1.82, 2.24) is 10.5 Å². The molecule has 0 spiro atoms. The smallest absolute Gasteiger partial charge is 0.174 e. The molecule has 0 aliphatic carbocycles. The van der Waals surface area contributed by atoms with E-state index in [2.05, 4.69) is 10.5 Å². The summed E-state index contributed by atoms with van der Waals surface area (Å²) in [6.45, 7) is 3.99. The van der Waals surface area contributed by atoms with Gasteiger partial charge in [0.1, 0.15) is 6.61 Å². The highest BCUT2D eigenvalue weighted by Gasteiger charge is 2.07. The first-order valence-corrected chi connectivity index (χ1v) is 6.24. The monoisotopic (exact) mass is 262 g/mol. The number of ether oxygens (including phenoxy) is 2. The average molecular weight is 262 g/mol. The van der Waals surface area contributed by atoms with Crippen molar-refractivity contribution in [2.75, 3.05) is 13.7 Å². The quantitative estimate of drug-likeness (QED) is 0.830. The molecule has 5 heteroatoms. The van der Waals surface area contributed by atoms with Crippen LogP contribution in [-0.4, -0.2) is 18.8 Å². The van der Waals surface area contributed by atoms with Crippen LogP contribution in [0.3, 0.4) is 0 Å². The van der Waals surface area contributed by atoms with E-state index in [4.69, 9.17) is 14.0 Å². The fourth-order valence-corrected chi connectivity index (χ4v) is 1.65. The second-order valence-corrected chi connectivity index (χ2v) is 4.00. The average Bonchev–Trinajstić information content (AvgIpc) is 2.91. The molecular weight excluding hydrogens is 244 g/mol. The number of hydrogen-bond acceptors (Lipinski definition) is 5. The number of aromatic nitrogens is 1. The highest BCUT2D eigenvalue weighted by Crippen LogP contribution is 2.26. The van der Waals surface area contributed by atoms with Gasteiger partial charge in [0.15, 0.2) is 17.3 Å². The van der Waals surface area contributed by atoms with E-state index in [1.807, 2.05) is 37.3 Å². The highest BCUT2D eigenvalue weighted by atomic mass is 16.5. The molecule has 0 radical (unpaired) electrons. The number of nitrogens with zero attached hydrogens (tertiary/aromatic N) is 1. The largest absolute Gasteiger partial charge is 0.493 e. The van der Waals surface area contributed by atoms with Gasteiger partial charge >= 0.3 is 0 Å². The van der Waals surface area contributed by atoms with Gasteiger partial charge in [0.25, 0.3) is 0 Å². The highest BCUT2D eigenvalue weighted by molar-refractivity contribution is 5.39. The molecule has 2 rings (SSSR count). The predicted octanol–water partition coefficient (Wildman–Crippen LogP) is 2.37. The van der Waals surface area contributed by atoms with E-state index in [-0.39, 0.29) is 0 Å². The molecule has 0 aliphatic heterocycles. The Hall–Kier alpha value is -2.01. The molecule has 0 amide bonds. The lowest BCUT2D eigenvalue weighted by Gasteiger charge is -2.08. The van der Waals surface area contributed by atoms with Crippen molar-refractivity contribution < 1.29 is 14.0 Å². The van der Waals surface area contributed by atoms with Crippen molar-refractivity contribution in [1.29, 1.82) is 0 Å². The Kier molecular flexibility index (Phi) is 4.80. The van der Waals surface area contributed by atoms with Crippen molar-refractivity contribution >= 4 is 0 Å². The number of rotatable bonds is 7. The predicted molar refractivity (Wildman–Crippen MR) is 71.2 cm³/mol. The van der Waals surface area contributed by atoms with E-state index >= 15 is 0 Å². The summed E-state index contributed by atoms with van der Waals surface area (Å²) in [6, 6.07) is 9.39. The molecule has 0 bridgehead atoms. The van der Waals surface area contributed by atoms with E-state index < -0.39 is 0 Å². The maximum atomic E-state index is 5.65. The molecule has 1 heterocycles. The number of nitrogens with one attached hydrogen (secondary N) is 1. The summed E-state index contributed by atoms with van der Waals surface area (Å²) in [5.74, 6) is 2.09. The SMILES string of the molecule is CCNCc1cc(COc2ccccc2OC)on1. The van der Waals surface area contributed by atoms with Crippen LogP contribution >= 0.6 is 0 Å². The fourth-order valence-electron chi connectivity index (χ4n) is 1.65. The molecule has 1 N–H and O–H groups in total. The van der Waals surface area contributed by atoms with Crippen molar-refractivity contribution in [2.45, 2.75) is 20.1 Å². The Morgan fingerprint density at radius 1 is 1.26 bits per heavy atom. The van der Waals surface area contributed by atoms with Gasteiger partial charge in [-0.15, -0.1) is 0 Å². The van der Waals surface area contributed by atoms with Crippen LogP contribution in [0.4, 0.5) is 0 Å². The first-order chi connectivity index (χ1) is 9.33. The lowest BCUT2D eigenvalue weighted by Crippen LogP contribution is -2.11. The second-order valence-electron chi connectivity index (χ2n) is 4.00. The topological polar surface area (TPSA) is 56.5 Å². The van der Waals surface area contributed by atoms with Crippen LogP contribution < -0.4 is 14.8 Å². The van der Waals surface area contributed by atoms with Gasteiger partial charge in [0, 0.05) is 12.6 Å². The molecule has 2 aromatic rings. The summed E-state index contributed by atoms with van der Waals surface area (Å²) in [6.07, 6.45) is 0. The molecule has 19 heavy (non-hydrogen) atoms. The standard InChI is InChI=1S/C14H18N2O3/c1-3-15-9-11-8-12(19-16-11)10-18-14-7-5-4-6-13(14)17-2/h4-8,15H,3,9-10H2,1-2H3. The van der Waals surface area contributed by atoms with Crippen LogP contribution in [0.5, 0.6) is 11.5 Å². The number of hydrogen-bond donors (Lipinski definition) is 1. The molecule has 0 atom stereocenters. The number of methoxy groups -OCH3 is 1. The van der Waals surface area contributed by atoms with E-state index in [0.717, 1.165) is 12.2 Å². The molecule has 0 saturated carbocycles. The summed E-state index contributed by atoms with van der Waals surface area (Å²) < 4.78 is 16.1. The Labute approximate surface area is 112 Å². The maximum Gasteiger partial charge on any atom is 0.174 e. The van der Waals surface area contributed by atoms with Gasteiger partial charge in [-0.2, -0.15) is 0 Å². The molecule has 0 fully saturated rings. The van der Waals surface area contributed by atoms with E-state index in [9.17, 15) is 0 Å². The van der Waals surface area contributed by atoms with Crippen molar-refractivity contribution in [3.63, 3.8) is 0 Å². The van der Waals surface area contributed by atoms with Gasteiger partial charge < -0.3 is 19.3 Å². The Balaban J connectivity index is 1.93. The molecule has 0 aliphatic rings.